The molecular formula is C15H12BrFN2S. The number of hydrogen-bond donors (Lipinski definition) is 1. The Balaban J connectivity index is 1.76. The fourth-order valence-corrected chi connectivity index (χ4v) is 3.41. The third-order valence-corrected chi connectivity index (χ3v) is 4.63. The van der Waals surface area contributed by atoms with Gasteiger partial charge in [-0.05, 0) is 39.7 Å². The molecule has 102 valence electrons. The second-order valence-corrected chi connectivity index (χ2v) is 6.28. The maximum Gasteiger partial charge on any atom is 0.161 e. The fourth-order valence-electron chi connectivity index (χ4n) is 1.99. The van der Waals surface area contributed by atoms with Gasteiger partial charge in [-0.25, -0.2) is 4.39 Å². The molecule has 1 unspecified atom stereocenters. The van der Waals surface area contributed by atoms with Gasteiger partial charge in [0.1, 0.15) is 5.82 Å². The van der Waals surface area contributed by atoms with Crippen molar-refractivity contribution in [1.82, 2.24) is 0 Å². The van der Waals surface area contributed by atoms with Crippen LogP contribution < -0.4 is 5.32 Å². The largest absolute Gasteiger partial charge is 0.334 e. The quantitative estimate of drug-likeness (QED) is 0.837. The van der Waals surface area contributed by atoms with Crippen LogP contribution in [0, 0.1) is 5.82 Å². The molecule has 1 atom stereocenters. The van der Waals surface area contributed by atoms with Gasteiger partial charge in [-0.1, -0.05) is 42.1 Å². The Morgan fingerprint density at radius 2 is 2.00 bits per heavy atom. The molecule has 1 aliphatic rings. The number of nitrogens with one attached hydrogen (secondary N) is 1. The van der Waals surface area contributed by atoms with Gasteiger partial charge in [0.25, 0.3) is 0 Å². The molecule has 0 amide bonds. The standard InChI is InChI=1S/C15H12BrFN2S/c16-12-8-11(17)6-7-13(12)18-15-19-14(9-20-15)10-4-2-1-3-5-10/h1-8,14H,9H2,(H,18,19). The van der Waals surface area contributed by atoms with Crippen LogP contribution in [0.15, 0.2) is 58.0 Å². The summed E-state index contributed by atoms with van der Waals surface area (Å²) in [5.74, 6) is 0.663. The SMILES string of the molecule is Fc1ccc(NC2=NC(c3ccccc3)CS2)c(Br)c1. The van der Waals surface area contributed by atoms with Crippen LogP contribution in [-0.4, -0.2) is 10.9 Å². The Morgan fingerprint density at radius 1 is 1.20 bits per heavy atom. The van der Waals surface area contributed by atoms with Crippen molar-refractivity contribution in [3.63, 3.8) is 0 Å². The molecule has 20 heavy (non-hydrogen) atoms. The first-order valence-electron chi connectivity index (χ1n) is 6.20. The second-order valence-electron chi connectivity index (χ2n) is 4.42. The van der Waals surface area contributed by atoms with E-state index in [9.17, 15) is 4.39 Å². The average Bonchev–Trinajstić information content (AvgIpc) is 2.92. The summed E-state index contributed by atoms with van der Waals surface area (Å²) in [6.45, 7) is 0. The zero-order chi connectivity index (χ0) is 13.9. The predicted octanol–water partition coefficient (Wildman–Crippen LogP) is 4.84. The Bertz CT molecular complexity index is 646. The van der Waals surface area contributed by atoms with E-state index in [1.807, 2.05) is 18.2 Å². The summed E-state index contributed by atoms with van der Waals surface area (Å²) in [6.07, 6.45) is 0. The summed E-state index contributed by atoms with van der Waals surface area (Å²) in [6, 6.07) is 15.0. The third-order valence-electron chi connectivity index (χ3n) is 3.01. The van der Waals surface area contributed by atoms with E-state index in [0.29, 0.717) is 4.47 Å². The zero-order valence-corrected chi connectivity index (χ0v) is 12.9. The van der Waals surface area contributed by atoms with Gasteiger partial charge in [-0.15, -0.1) is 0 Å². The highest BCUT2D eigenvalue weighted by Crippen LogP contribution is 2.32. The molecule has 3 rings (SSSR count). The molecule has 0 radical (unpaired) electrons. The lowest BCUT2D eigenvalue weighted by atomic mass is 10.1. The van der Waals surface area contributed by atoms with Gasteiger partial charge in [0.05, 0.1) is 11.7 Å². The van der Waals surface area contributed by atoms with Crippen LogP contribution in [0.3, 0.4) is 0 Å². The lowest BCUT2D eigenvalue weighted by molar-refractivity contribution is 0.627. The monoisotopic (exact) mass is 350 g/mol. The van der Waals surface area contributed by atoms with E-state index >= 15 is 0 Å². The summed E-state index contributed by atoms with van der Waals surface area (Å²) in [5.41, 5.74) is 2.04. The smallest absolute Gasteiger partial charge is 0.161 e. The molecule has 2 aromatic carbocycles. The van der Waals surface area contributed by atoms with Crippen LogP contribution in [0.25, 0.3) is 0 Å². The minimum atomic E-state index is -0.259. The number of rotatable bonds is 2. The number of anilines is 1. The number of amidine groups is 1. The molecule has 0 saturated heterocycles. The first-order chi connectivity index (χ1) is 9.72. The first-order valence-corrected chi connectivity index (χ1v) is 7.98. The molecule has 0 aliphatic carbocycles. The van der Waals surface area contributed by atoms with Gasteiger partial charge in [0.2, 0.25) is 0 Å². The summed E-state index contributed by atoms with van der Waals surface area (Å²) in [5, 5.41) is 4.10. The van der Waals surface area contributed by atoms with Gasteiger partial charge >= 0.3 is 0 Å². The molecule has 1 N–H and O–H groups in total. The molecule has 2 nitrogen and oxygen atoms in total. The number of hydrogen-bond acceptors (Lipinski definition) is 3. The molecule has 0 bridgehead atoms. The number of thioether (sulfide) groups is 1. The minimum absolute atomic E-state index is 0.183. The number of benzene rings is 2. The van der Waals surface area contributed by atoms with Crippen molar-refractivity contribution in [3.05, 3.63) is 64.4 Å². The van der Waals surface area contributed by atoms with Crippen LogP contribution in [0.1, 0.15) is 11.6 Å². The van der Waals surface area contributed by atoms with E-state index < -0.39 is 0 Å². The summed E-state index contributed by atoms with van der Waals surface area (Å²) in [4.78, 5) is 4.67. The van der Waals surface area contributed by atoms with Gasteiger partial charge < -0.3 is 5.32 Å². The van der Waals surface area contributed by atoms with Crippen molar-refractivity contribution in [3.8, 4) is 0 Å². The van der Waals surface area contributed by atoms with Crippen molar-refractivity contribution in [2.24, 2.45) is 4.99 Å². The van der Waals surface area contributed by atoms with E-state index in [1.54, 1.807) is 17.8 Å². The fraction of sp³-hybridized carbons (Fsp3) is 0.133. The van der Waals surface area contributed by atoms with Crippen molar-refractivity contribution in [1.29, 1.82) is 0 Å². The average molecular weight is 351 g/mol. The molecule has 0 aromatic heterocycles. The van der Waals surface area contributed by atoms with Gasteiger partial charge in [-0.3, -0.25) is 4.99 Å². The predicted molar refractivity (Wildman–Crippen MR) is 86.8 cm³/mol. The van der Waals surface area contributed by atoms with Crippen LogP contribution in [-0.2, 0) is 0 Å². The van der Waals surface area contributed by atoms with Crippen LogP contribution in [0.4, 0.5) is 10.1 Å². The molecular weight excluding hydrogens is 339 g/mol. The lowest BCUT2D eigenvalue weighted by Crippen LogP contribution is -2.05. The molecule has 1 aliphatic heterocycles. The molecule has 2 aromatic rings. The molecule has 1 heterocycles. The maximum absolute atomic E-state index is 13.1. The molecule has 0 fully saturated rings. The summed E-state index contributed by atoms with van der Waals surface area (Å²) >= 11 is 5.03. The van der Waals surface area contributed by atoms with Crippen LogP contribution >= 0.6 is 27.7 Å². The normalized spacial score (nSPS) is 17.9. The van der Waals surface area contributed by atoms with E-state index in [-0.39, 0.29) is 11.9 Å². The first kappa shape index (κ1) is 13.6. The highest BCUT2D eigenvalue weighted by atomic mass is 79.9. The zero-order valence-electron chi connectivity index (χ0n) is 10.5. The second kappa shape index (κ2) is 5.97. The van der Waals surface area contributed by atoms with Crippen LogP contribution in [0.2, 0.25) is 0 Å². The Morgan fingerprint density at radius 3 is 2.75 bits per heavy atom. The van der Waals surface area contributed by atoms with Crippen molar-refractivity contribution in [2.75, 3.05) is 11.1 Å². The van der Waals surface area contributed by atoms with Crippen molar-refractivity contribution >= 4 is 38.5 Å². The number of nitrogens with zero attached hydrogens (tertiary/aromatic N) is 1. The van der Waals surface area contributed by atoms with Crippen LogP contribution in [0.5, 0.6) is 0 Å². The van der Waals surface area contributed by atoms with Gasteiger partial charge in [0.15, 0.2) is 5.17 Å². The minimum Gasteiger partial charge on any atom is -0.334 e. The van der Waals surface area contributed by atoms with Crippen molar-refractivity contribution < 1.29 is 4.39 Å². The molecule has 0 spiro atoms. The third kappa shape index (κ3) is 3.04. The Labute approximate surface area is 129 Å². The summed E-state index contributed by atoms with van der Waals surface area (Å²) < 4.78 is 13.7. The van der Waals surface area contributed by atoms with Gasteiger partial charge in [0, 0.05) is 10.2 Å². The van der Waals surface area contributed by atoms with E-state index in [4.69, 9.17) is 0 Å². The topological polar surface area (TPSA) is 24.4 Å². The lowest BCUT2D eigenvalue weighted by Gasteiger charge is -2.07. The maximum atomic E-state index is 13.1. The highest BCUT2D eigenvalue weighted by molar-refractivity contribution is 9.10. The number of halogens is 2. The summed E-state index contributed by atoms with van der Waals surface area (Å²) in [7, 11) is 0. The Kier molecular flexibility index (Phi) is 4.08. The number of aliphatic imine (C=N–C) groups is 1. The van der Waals surface area contributed by atoms with Gasteiger partial charge in [-0.2, -0.15) is 0 Å². The molecule has 5 heteroatoms. The van der Waals surface area contributed by atoms with Crippen molar-refractivity contribution in [2.45, 2.75) is 6.04 Å². The Hall–Kier alpha value is -1.33. The van der Waals surface area contributed by atoms with E-state index in [0.717, 1.165) is 16.6 Å². The highest BCUT2D eigenvalue weighted by Gasteiger charge is 2.20. The molecule has 0 saturated carbocycles. The van der Waals surface area contributed by atoms with E-state index in [1.165, 1.54) is 17.7 Å². The van der Waals surface area contributed by atoms with E-state index in [2.05, 4.69) is 38.4 Å².